The van der Waals surface area contributed by atoms with Crippen molar-refractivity contribution in [2.75, 3.05) is 5.32 Å². The highest BCUT2D eigenvalue weighted by molar-refractivity contribution is 6.05. The Morgan fingerprint density at radius 3 is 2.84 bits per heavy atom. The fourth-order valence-electron chi connectivity index (χ4n) is 1.50. The van der Waals surface area contributed by atoms with E-state index in [1.54, 1.807) is 6.07 Å². The highest BCUT2D eigenvalue weighted by atomic mass is 19.1. The highest BCUT2D eigenvalue weighted by Gasteiger charge is 2.15. The Kier molecular flexibility index (Phi) is 3.39. The van der Waals surface area contributed by atoms with E-state index in [1.807, 2.05) is 0 Å². The Balaban J connectivity index is 2.33. The summed E-state index contributed by atoms with van der Waals surface area (Å²) in [4.78, 5) is 15.6. The Hall–Kier alpha value is -2.94. The molecule has 2 rings (SSSR count). The van der Waals surface area contributed by atoms with Crippen LogP contribution in [-0.2, 0) is 0 Å². The molecule has 0 aliphatic rings. The normalized spacial score (nSPS) is 9.68. The van der Waals surface area contributed by atoms with Crippen molar-refractivity contribution in [3.8, 4) is 11.8 Å². The first-order chi connectivity index (χ1) is 9.13. The molecular formula is C13H8FN3O2. The first kappa shape index (κ1) is 12.5. The predicted molar refractivity (Wildman–Crippen MR) is 65.0 cm³/mol. The number of aromatic nitrogens is 1. The maximum Gasteiger partial charge on any atom is 0.278 e. The molecule has 0 radical (unpaired) electrons. The standard InChI is InChI=1S/C13H8FN3O2/c14-9-3-1-4-10(8(9)7-15)17-13(19)12-11(18)5-2-6-16-12/h1-6,18H,(H,17,19). The number of nitrogens with zero attached hydrogens (tertiary/aromatic N) is 2. The number of nitriles is 1. The largest absolute Gasteiger partial charge is 0.505 e. The average molecular weight is 257 g/mol. The Morgan fingerprint density at radius 1 is 1.37 bits per heavy atom. The quantitative estimate of drug-likeness (QED) is 0.862. The molecule has 19 heavy (non-hydrogen) atoms. The van der Waals surface area contributed by atoms with Gasteiger partial charge in [-0.15, -0.1) is 0 Å². The second kappa shape index (κ2) is 5.14. The Labute approximate surface area is 108 Å². The van der Waals surface area contributed by atoms with E-state index in [9.17, 15) is 14.3 Å². The second-order valence-corrected chi connectivity index (χ2v) is 3.60. The molecule has 0 atom stereocenters. The van der Waals surface area contributed by atoms with Crippen molar-refractivity contribution in [1.29, 1.82) is 5.26 Å². The molecule has 5 nitrogen and oxygen atoms in total. The second-order valence-electron chi connectivity index (χ2n) is 3.60. The lowest BCUT2D eigenvalue weighted by atomic mass is 10.1. The molecule has 1 heterocycles. The number of hydrogen-bond donors (Lipinski definition) is 2. The Bertz CT molecular complexity index is 680. The summed E-state index contributed by atoms with van der Waals surface area (Å²) in [5.41, 5.74) is -0.445. The van der Waals surface area contributed by atoms with Crippen molar-refractivity contribution in [1.82, 2.24) is 4.98 Å². The van der Waals surface area contributed by atoms with Gasteiger partial charge in [0.15, 0.2) is 5.69 Å². The molecule has 1 aromatic carbocycles. The van der Waals surface area contributed by atoms with E-state index in [0.29, 0.717) is 0 Å². The van der Waals surface area contributed by atoms with Crippen LogP contribution < -0.4 is 5.32 Å². The summed E-state index contributed by atoms with van der Waals surface area (Å²) in [5, 5.41) is 20.6. The van der Waals surface area contributed by atoms with Gasteiger partial charge in [-0.1, -0.05) is 6.07 Å². The third-order valence-corrected chi connectivity index (χ3v) is 2.38. The molecule has 0 aliphatic heterocycles. The minimum Gasteiger partial charge on any atom is -0.505 e. The van der Waals surface area contributed by atoms with Crippen molar-refractivity contribution >= 4 is 11.6 Å². The molecule has 0 spiro atoms. The zero-order valence-electron chi connectivity index (χ0n) is 9.59. The maximum absolute atomic E-state index is 13.3. The highest BCUT2D eigenvalue weighted by Crippen LogP contribution is 2.20. The molecule has 2 N–H and O–H groups in total. The topological polar surface area (TPSA) is 86.0 Å². The van der Waals surface area contributed by atoms with Crippen LogP contribution in [0.2, 0.25) is 0 Å². The molecule has 0 bridgehead atoms. The first-order valence-electron chi connectivity index (χ1n) is 5.27. The number of amides is 1. The van der Waals surface area contributed by atoms with Gasteiger partial charge in [-0.3, -0.25) is 4.79 Å². The summed E-state index contributed by atoms with van der Waals surface area (Å²) >= 11 is 0. The number of benzene rings is 1. The van der Waals surface area contributed by atoms with Gasteiger partial charge in [-0.05, 0) is 24.3 Å². The molecule has 94 valence electrons. The summed E-state index contributed by atoms with van der Waals surface area (Å²) in [6.07, 6.45) is 1.34. The molecule has 0 unspecified atom stereocenters. The number of aromatic hydroxyl groups is 1. The summed E-state index contributed by atoms with van der Waals surface area (Å²) < 4.78 is 13.3. The van der Waals surface area contributed by atoms with Crippen LogP contribution in [0.3, 0.4) is 0 Å². The number of pyridine rings is 1. The summed E-state index contributed by atoms with van der Waals surface area (Å²) in [6.45, 7) is 0. The van der Waals surface area contributed by atoms with E-state index in [0.717, 1.165) is 6.07 Å². The molecule has 2 aromatic rings. The van der Waals surface area contributed by atoms with E-state index in [1.165, 1.54) is 30.5 Å². The van der Waals surface area contributed by atoms with Gasteiger partial charge in [0, 0.05) is 6.20 Å². The molecule has 0 saturated carbocycles. The van der Waals surface area contributed by atoms with E-state index in [-0.39, 0.29) is 22.7 Å². The number of hydrogen-bond acceptors (Lipinski definition) is 4. The molecule has 0 aliphatic carbocycles. The monoisotopic (exact) mass is 257 g/mol. The number of carbonyl (C=O) groups is 1. The number of carbonyl (C=O) groups excluding carboxylic acids is 1. The number of nitrogens with one attached hydrogen (secondary N) is 1. The number of rotatable bonds is 2. The van der Waals surface area contributed by atoms with Crippen molar-refractivity contribution in [3.63, 3.8) is 0 Å². The molecule has 0 fully saturated rings. The van der Waals surface area contributed by atoms with Crippen LogP contribution in [0.15, 0.2) is 36.5 Å². The lowest BCUT2D eigenvalue weighted by Gasteiger charge is -2.07. The van der Waals surface area contributed by atoms with E-state index >= 15 is 0 Å². The summed E-state index contributed by atoms with van der Waals surface area (Å²) in [6, 6.07) is 8.31. The molecular weight excluding hydrogens is 249 g/mol. The van der Waals surface area contributed by atoms with Gasteiger partial charge >= 0.3 is 0 Å². The van der Waals surface area contributed by atoms with Crippen LogP contribution in [0.25, 0.3) is 0 Å². The van der Waals surface area contributed by atoms with Gasteiger partial charge < -0.3 is 10.4 Å². The van der Waals surface area contributed by atoms with Crippen molar-refractivity contribution < 1.29 is 14.3 Å². The fraction of sp³-hybridized carbons (Fsp3) is 0. The summed E-state index contributed by atoms with van der Waals surface area (Å²) in [7, 11) is 0. The van der Waals surface area contributed by atoms with Crippen LogP contribution in [0.1, 0.15) is 16.1 Å². The molecule has 6 heteroatoms. The predicted octanol–water partition coefficient (Wildman–Crippen LogP) is 2.05. The van der Waals surface area contributed by atoms with Gasteiger partial charge in [0.2, 0.25) is 0 Å². The molecule has 1 aromatic heterocycles. The lowest BCUT2D eigenvalue weighted by Crippen LogP contribution is -2.15. The third kappa shape index (κ3) is 2.50. The van der Waals surface area contributed by atoms with Crippen LogP contribution in [0.5, 0.6) is 5.75 Å². The third-order valence-electron chi connectivity index (χ3n) is 2.38. The van der Waals surface area contributed by atoms with Gasteiger partial charge in [0.25, 0.3) is 5.91 Å². The fourth-order valence-corrected chi connectivity index (χ4v) is 1.50. The first-order valence-corrected chi connectivity index (χ1v) is 5.27. The van der Waals surface area contributed by atoms with Gasteiger partial charge in [-0.2, -0.15) is 5.26 Å². The van der Waals surface area contributed by atoms with Crippen molar-refractivity contribution in [2.24, 2.45) is 0 Å². The minimum absolute atomic E-state index is 0.0255. The maximum atomic E-state index is 13.3. The molecule has 0 saturated heterocycles. The van der Waals surface area contributed by atoms with Crippen LogP contribution in [-0.4, -0.2) is 16.0 Å². The van der Waals surface area contributed by atoms with Crippen LogP contribution >= 0.6 is 0 Å². The zero-order valence-corrected chi connectivity index (χ0v) is 9.59. The summed E-state index contributed by atoms with van der Waals surface area (Å²) in [5.74, 6) is -1.75. The Morgan fingerprint density at radius 2 is 2.16 bits per heavy atom. The molecule has 1 amide bonds. The number of halogens is 1. The van der Waals surface area contributed by atoms with Gasteiger partial charge in [0.05, 0.1) is 5.69 Å². The minimum atomic E-state index is -0.731. The zero-order chi connectivity index (χ0) is 13.8. The lowest BCUT2D eigenvalue weighted by molar-refractivity contribution is 0.101. The van der Waals surface area contributed by atoms with E-state index in [4.69, 9.17) is 5.26 Å². The van der Waals surface area contributed by atoms with Crippen LogP contribution in [0, 0.1) is 17.1 Å². The van der Waals surface area contributed by atoms with Crippen LogP contribution in [0.4, 0.5) is 10.1 Å². The van der Waals surface area contributed by atoms with E-state index in [2.05, 4.69) is 10.3 Å². The SMILES string of the molecule is N#Cc1c(F)cccc1NC(=O)c1ncccc1O. The van der Waals surface area contributed by atoms with Crippen molar-refractivity contribution in [2.45, 2.75) is 0 Å². The van der Waals surface area contributed by atoms with Crippen molar-refractivity contribution in [3.05, 3.63) is 53.6 Å². The van der Waals surface area contributed by atoms with E-state index < -0.39 is 11.7 Å². The number of anilines is 1. The van der Waals surface area contributed by atoms with Gasteiger partial charge in [-0.25, -0.2) is 9.37 Å². The average Bonchev–Trinajstić information content (AvgIpc) is 2.39. The smallest absolute Gasteiger partial charge is 0.278 e. The van der Waals surface area contributed by atoms with Gasteiger partial charge in [0.1, 0.15) is 23.2 Å².